The van der Waals surface area contributed by atoms with Gasteiger partial charge in [-0.2, -0.15) is 0 Å². The van der Waals surface area contributed by atoms with Crippen LogP contribution < -0.4 is 4.74 Å². The van der Waals surface area contributed by atoms with Gasteiger partial charge >= 0.3 is 11.9 Å². The van der Waals surface area contributed by atoms with Gasteiger partial charge < -0.3 is 9.47 Å². The first kappa shape index (κ1) is 16.2. The van der Waals surface area contributed by atoms with E-state index in [1.54, 1.807) is 13.0 Å². The van der Waals surface area contributed by atoms with E-state index < -0.39 is 0 Å². The van der Waals surface area contributed by atoms with Gasteiger partial charge in [-0.05, 0) is 30.9 Å². The maximum atomic E-state index is 11.8. The third-order valence-electron chi connectivity index (χ3n) is 2.83. The number of esters is 2. The van der Waals surface area contributed by atoms with Crippen molar-refractivity contribution in [2.75, 3.05) is 6.61 Å². The monoisotopic (exact) mass is 278 g/mol. The number of rotatable bonds is 7. The standard InChI is InChI=1S/C16H22O4/c1-4-19-15(17)10-7-11-16(18)20-14-9-6-5-8-13(14)12(2)3/h5-6,8-9,12H,4,7,10-11H2,1-3H3. The number of carbonyl (C=O) groups excluding carboxylic acids is 2. The Morgan fingerprint density at radius 3 is 2.40 bits per heavy atom. The zero-order valence-corrected chi connectivity index (χ0v) is 12.3. The topological polar surface area (TPSA) is 52.6 Å². The summed E-state index contributed by atoms with van der Waals surface area (Å²) < 4.78 is 10.2. The molecule has 0 unspecified atom stereocenters. The van der Waals surface area contributed by atoms with E-state index in [9.17, 15) is 9.59 Å². The zero-order valence-electron chi connectivity index (χ0n) is 12.3. The van der Waals surface area contributed by atoms with E-state index >= 15 is 0 Å². The Labute approximate surface area is 120 Å². The Bertz CT molecular complexity index is 452. The molecular weight excluding hydrogens is 256 g/mol. The van der Waals surface area contributed by atoms with Crippen LogP contribution in [0, 0.1) is 0 Å². The van der Waals surface area contributed by atoms with Gasteiger partial charge in [-0.25, -0.2) is 0 Å². The van der Waals surface area contributed by atoms with E-state index in [-0.39, 0.29) is 24.8 Å². The second-order valence-corrected chi connectivity index (χ2v) is 4.83. The van der Waals surface area contributed by atoms with Crippen LogP contribution in [0.1, 0.15) is 51.5 Å². The van der Waals surface area contributed by atoms with Crippen LogP contribution >= 0.6 is 0 Å². The molecular formula is C16H22O4. The molecule has 0 atom stereocenters. The van der Waals surface area contributed by atoms with Gasteiger partial charge in [0.1, 0.15) is 5.75 Å². The van der Waals surface area contributed by atoms with Crippen molar-refractivity contribution in [1.82, 2.24) is 0 Å². The van der Waals surface area contributed by atoms with E-state index in [4.69, 9.17) is 9.47 Å². The molecule has 0 spiro atoms. The summed E-state index contributed by atoms with van der Waals surface area (Å²) in [5.41, 5.74) is 1.01. The number of hydrogen-bond acceptors (Lipinski definition) is 4. The highest BCUT2D eigenvalue weighted by molar-refractivity contribution is 5.74. The van der Waals surface area contributed by atoms with Gasteiger partial charge in [0, 0.05) is 12.8 Å². The lowest BCUT2D eigenvalue weighted by Crippen LogP contribution is -2.11. The molecule has 20 heavy (non-hydrogen) atoms. The Morgan fingerprint density at radius 2 is 1.75 bits per heavy atom. The van der Waals surface area contributed by atoms with E-state index in [1.807, 2.05) is 32.0 Å². The first-order valence-electron chi connectivity index (χ1n) is 6.99. The van der Waals surface area contributed by atoms with Crippen molar-refractivity contribution in [3.63, 3.8) is 0 Å². The summed E-state index contributed by atoms with van der Waals surface area (Å²) in [6.45, 7) is 6.22. The van der Waals surface area contributed by atoms with Crippen LogP contribution in [0.3, 0.4) is 0 Å². The Balaban J connectivity index is 2.45. The summed E-state index contributed by atoms with van der Waals surface area (Å²) in [4.78, 5) is 22.9. The van der Waals surface area contributed by atoms with Gasteiger partial charge in [-0.3, -0.25) is 9.59 Å². The van der Waals surface area contributed by atoms with Crippen molar-refractivity contribution < 1.29 is 19.1 Å². The van der Waals surface area contributed by atoms with Crippen LogP contribution in [-0.2, 0) is 14.3 Å². The zero-order chi connectivity index (χ0) is 15.0. The minimum atomic E-state index is -0.317. The first-order valence-corrected chi connectivity index (χ1v) is 6.99. The van der Waals surface area contributed by atoms with Crippen LogP contribution in [-0.4, -0.2) is 18.5 Å². The SMILES string of the molecule is CCOC(=O)CCCC(=O)Oc1ccccc1C(C)C. The molecule has 0 amide bonds. The molecule has 0 bridgehead atoms. The second kappa shape index (κ2) is 8.35. The third-order valence-corrected chi connectivity index (χ3v) is 2.83. The van der Waals surface area contributed by atoms with Gasteiger partial charge in [0.25, 0.3) is 0 Å². The van der Waals surface area contributed by atoms with Gasteiger partial charge in [0.2, 0.25) is 0 Å². The fraction of sp³-hybridized carbons (Fsp3) is 0.500. The molecule has 110 valence electrons. The van der Waals surface area contributed by atoms with E-state index in [0.717, 1.165) is 5.56 Å². The maximum Gasteiger partial charge on any atom is 0.311 e. The molecule has 0 radical (unpaired) electrons. The summed E-state index contributed by atoms with van der Waals surface area (Å²) in [6.07, 6.45) is 0.904. The molecule has 0 saturated carbocycles. The molecule has 0 saturated heterocycles. The quantitative estimate of drug-likeness (QED) is 0.566. The Morgan fingerprint density at radius 1 is 1.10 bits per heavy atom. The average molecular weight is 278 g/mol. The molecule has 1 aromatic rings. The molecule has 0 aliphatic heterocycles. The fourth-order valence-electron chi connectivity index (χ4n) is 1.83. The number of para-hydroxylation sites is 1. The normalized spacial score (nSPS) is 10.4. The van der Waals surface area contributed by atoms with Crippen LogP contribution in [0.25, 0.3) is 0 Å². The smallest absolute Gasteiger partial charge is 0.311 e. The van der Waals surface area contributed by atoms with Gasteiger partial charge in [-0.1, -0.05) is 32.0 Å². The molecule has 1 rings (SSSR count). The number of benzene rings is 1. The van der Waals surface area contributed by atoms with Crippen molar-refractivity contribution in [2.24, 2.45) is 0 Å². The Hall–Kier alpha value is -1.84. The molecule has 0 N–H and O–H groups in total. The highest BCUT2D eigenvalue weighted by atomic mass is 16.5. The van der Waals surface area contributed by atoms with Gasteiger partial charge in [0.15, 0.2) is 0 Å². The molecule has 4 heteroatoms. The number of ether oxygens (including phenoxy) is 2. The molecule has 4 nitrogen and oxygen atoms in total. The lowest BCUT2D eigenvalue weighted by atomic mass is 10.0. The first-order chi connectivity index (χ1) is 9.54. The summed E-state index contributed by atoms with van der Waals surface area (Å²) in [5.74, 6) is 0.299. The van der Waals surface area contributed by atoms with Crippen molar-refractivity contribution in [3.8, 4) is 5.75 Å². The second-order valence-electron chi connectivity index (χ2n) is 4.83. The van der Waals surface area contributed by atoms with Gasteiger partial charge in [0.05, 0.1) is 6.61 Å². The van der Waals surface area contributed by atoms with Crippen LogP contribution in [0.4, 0.5) is 0 Å². The van der Waals surface area contributed by atoms with Crippen LogP contribution in [0.2, 0.25) is 0 Å². The van der Waals surface area contributed by atoms with Crippen LogP contribution in [0.5, 0.6) is 5.75 Å². The van der Waals surface area contributed by atoms with Crippen molar-refractivity contribution in [3.05, 3.63) is 29.8 Å². The van der Waals surface area contributed by atoms with Gasteiger partial charge in [-0.15, -0.1) is 0 Å². The average Bonchev–Trinajstić information content (AvgIpc) is 2.39. The lowest BCUT2D eigenvalue weighted by molar-refractivity contribution is -0.143. The maximum absolute atomic E-state index is 11.8. The Kier molecular flexibility index (Phi) is 6.77. The number of carbonyl (C=O) groups is 2. The summed E-state index contributed by atoms with van der Waals surface area (Å²) in [5, 5.41) is 0. The highest BCUT2D eigenvalue weighted by Crippen LogP contribution is 2.26. The minimum Gasteiger partial charge on any atom is -0.466 e. The summed E-state index contributed by atoms with van der Waals surface area (Å²) in [6, 6.07) is 7.50. The van der Waals surface area contributed by atoms with Crippen molar-refractivity contribution in [2.45, 2.75) is 46.0 Å². The molecule has 0 heterocycles. The number of hydrogen-bond donors (Lipinski definition) is 0. The predicted molar refractivity (Wildman–Crippen MR) is 76.7 cm³/mol. The molecule has 0 fully saturated rings. The summed E-state index contributed by atoms with van der Waals surface area (Å²) in [7, 11) is 0. The predicted octanol–water partition coefficient (Wildman–Crippen LogP) is 3.45. The fourth-order valence-corrected chi connectivity index (χ4v) is 1.83. The van der Waals surface area contributed by atoms with E-state index in [0.29, 0.717) is 24.7 Å². The minimum absolute atomic E-state index is 0.214. The van der Waals surface area contributed by atoms with E-state index in [1.165, 1.54) is 0 Å². The van der Waals surface area contributed by atoms with E-state index in [2.05, 4.69) is 0 Å². The lowest BCUT2D eigenvalue weighted by Gasteiger charge is -2.12. The van der Waals surface area contributed by atoms with Crippen molar-refractivity contribution >= 4 is 11.9 Å². The highest BCUT2D eigenvalue weighted by Gasteiger charge is 2.12. The third kappa shape index (κ3) is 5.43. The van der Waals surface area contributed by atoms with Crippen molar-refractivity contribution in [1.29, 1.82) is 0 Å². The molecule has 1 aromatic carbocycles. The summed E-state index contributed by atoms with van der Waals surface area (Å²) >= 11 is 0. The molecule has 0 aliphatic carbocycles. The van der Waals surface area contributed by atoms with Crippen LogP contribution in [0.15, 0.2) is 24.3 Å². The largest absolute Gasteiger partial charge is 0.466 e. The molecule has 0 aromatic heterocycles. The molecule has 0 aliphatic rings.